The number of nitrogens with one attached hydrogen (secondary N) is 2. The van der Waals surface area contributed by atoms with E-state index in [1.165, 1.54) is 0 Å². The van der Waals surface area contributed by atoms with E-state index in [0.717, 1.165) is 45.7 Å². The van der Waals surface area contributed by atoms with Gasteiger partial charge in [0.15, 0.2) is 0 Å². The van der Waals surface area contributed by atoms with Crippen LogP contribution in [0.2, 0.25) is 0 Å². The highest BCUT2D eigenvalue weighted by atomic mass is 16.3. The highest BCUT2D eigenvalue weighted by molar-refractivity contribution is 4.87. The van der Waals surface area contributed by atoms with Gasteiger partial charge in [0.1, 0.15) is 0 Å². The Balaban J connectivity index is 1.88. The molecule has 76 valence electrons. The lowest BCUT2D eigenvalue weighted by Gasteiger charge is -2.40. The molecule has 0 aromatic carbocycles. The van der Waals surface area contributed by atoms with E-state index < -0.39 is 0 Å². The van der Waals surface area contributed by atoms with Gasteiger partial charge in [-0.2, -0.15) is 0 Å². The molecule has 13 heavy (non-hydrogen) atoms. The van der Waals surface area contributed by atoms with Crippen LogP contribution in [0.3, 0.4) is 0 Å². The number of nitrogens with zero attached hydrogens (tertiary/aromatic N) is 1. The molecule has 2 heterocycles. The van der Waals surface area contributed by atoms with Crippen molar-refractivity contribution in [3.63, 3.8) is 0 Å². The molecule has 0 bridgehead atoms. The summed E-state index contributed by atoms with van der Waals surface area (Å²) in [6.45, 7) is 6.17. The third kappa shape index (κ3) is 2.20. The summed E-state index contributed by atoms with van der Waals surface area (Å²) >= 11 is 0. The maximum atomic E-state index is 9.82. The van der Waals surface area contributed by atoms with E-state index in [1.807, 2.05) is 0 Å². The van der Waals surface area contributed by atoms with E-state index in [2.05, 4.69) is 15.5 Å². The summed E-state index contributed by atoms with van der Waals surface area (Å²) in [6.07, 6.45) is 0.772. The Kier molecular flexibility index (Phi) is 3.16. The van der Waals surface area contributed by atoms with Crippen molar-refractivity contribution < 1.29 is 5.11 Å². The van der Waals surface area contributed by atoms with Gasteiger partial charge in [0, 0.05) is 38.8 Å². The second-order valence-corrected chi connectivity index (χ2v) is 3.91. The first-order chi connectivity index (χ1) is 6.38. The van der Waals surface area contributed by atoms with E-state index in [1.54, 1.807) is 0 Å². The minimum Gasteiger partial charge on any atom is -0.391 e. The highest BCUT2D eigenvalue weighted by Crippen LogP contribution is 2.11. The van der Waals surface area contributed by atoms with Gasteiger partial charge in [-0.25, -0.2) is 0 Å². The number of aliphatic hydroxyl groups is 1. The van der Waals surface area contributed by atoms with Crippen LogP contribution >= 0.6 is 0 Å². The molecule has 0 spiro atoms. The molecule has 0 aromatic rings. The minimum absolute atomic E-state index is 0.126. The van der Waals surface area contributed by atoms with E-state index in [-0.39, 0.29) is 6.10 Å². The molecule has 2 aliphatic heterocycles. The van der Waals surface area contributed by atoms with Crippen LogP contribution in [0.25, 0.3) is 0 Å². The van der Waals surface area contributed by atoms with Crippen molar-refractivity contribution in [2.45, 2.75) is 18.6 Å². The Morgan fingerprint density at radius 2 is 1.85 bits per heavy atom. The fourth-order valence-electron chi connectivity index (χ4n) is 2.21. The maximum Gasteiger partial charge on any atom is 0.0719 e. The Hall–Kier alpha value is -0.160. The van der Waals surface area contributed by atoms with Crippen molar-refractivity contribution in [3.05, 3.63) is 0 Å². The molecule has 4 heteroatoms. The standard InChI is InChI=1S/C9H19N3O/c13-9-1-2-11-7-8(9)12-5-3-10-4-6-12/h8-11,13H,1-7H2/t8-,9-/m0/s1. The van der Waals surface area contributed by atoms with Gasteiger partial charge in [-0.1, -0.05) is 0 Å². The molecular weight excluding hydrogens is 166 g/mol. The average Bonchev–Trinajstić information content (AvgIpc) is 2.20. The lowest BCUT2D eigenvalue weighted by molar-refractivity contribution is 0.0227. The number of aliphatic hydroxyl groups excluding tert-OH is 1. The summed E-state index contributed by atoms with van der Waals surface area (Å²) in [4.78, 5) is 2.40. The van der Waals surface area contributed by atoms with Crippen molar-refractivity contribution in [1.29, 1.82) is 0 Å². The molecule has 0 amide bonds. The summed E-state index contributed by atoms with van der Waals surface area (Å²) < 4.78 is 0. The van der Waals surface area contributed by atoms with Crippen molar-refractivity contribution in [1.82, 2.24) is 15.5 Å². The monoisotopic (exact) mass is 185 g/mol. The van der Waals surface area contributed by atoms with E-state index in [9.17, 15) is 5.11 Å². The van der Waals surface area contributed by atoms with E-state index >= 15 is 0 Å². The fourth-order valence-corrected chi connectivity index (χ4v) is 2.21. The summed E-state index contributed by atoms with van der Waals surface area (Å²) in [6, 6.07) is 0.343. The second-order valence-electron chi connectivity index (χ2n) is 3.91. The largest absolute Gasteiger partial charge is 0.391 e. The van der Waals surface area contributed by atoms with Crippen LogP contribution in [-0.4, -0.2) is 61.4 Å². The number of piperidine rings is 1. The molecule has 2 atom stereocenters. The molecule has 2 rings (SSSR count). The fraction of sp³-hybridized carbons (Fsp3) is 1.00. The summed E-state index contributed by atoms with van der Waals surface area (Å²) in [5.41, 5.74) is 0. The van der Waals surface area contributed by atoms with Gasteiger partial charge in [-0.3, -0.25) is 4.90 Å². The normalized spacial score (nSPS) is 37.6. The maximum absolute atomic E-state index is 9.82. The van der Waals surface area contributed by atoms with Crippen molar-refractivity contribution in [3.8, 4) is 0 Å². The smallest absolute Gasteiger partial charge is 0.0719 e. The first kappa shape index (κ1) is 9.40. The molecule has 0 aromatic heterocycles. The van der Waals surface area contributed by atoms with Crippen LogP contribution in [0.1, 0.15) is 6.42 Å². The molecule has 4 nitrogen and oxygen atoms in total. The van der Waals surface area contributed by atoms with Gasteiger partial charge in [0.25, 0.3) is 0 Å². The van der Waals surface area contributed by atoms with Crippen molar-refractivity contribution in [2.24, 2.45) is 0 Å². The predicted molar refractivity (Wildman–Crippen MR) is 51.7 cm³/mol. The first-order valence-corrected chi connectivity index (χ1v) is 5.21. The Morgan fingerprint density at radius 3 is 2.54 bits per heavy atom. The highest BCUT2D eigenvalue weighted by Gasteiger charge is 2.28. The van der Waals surface area contributed by atoms with Crippen LogP contribution in [0.4, 0.5) is 0 Å². The number of hydrogen-bond acceptors (Lipinski definition) is 4. The molecule has 2 aliphatic rings. The van der Waals surface area contributed by atoms with E-state index in [4.69, 9.17) is 0 Å². The molecule has 0 saturated carbocycles. The molecule has 3 N–H and O–H groups in total. The van der Waals surface area contributed by atoms with Gasteiger partial charge in [-0.15, -0.1) is 0 Å². The lowest BCUT2D eigenvalue weighted by Crippen LogP contribution is -2.58. The Morgan fingerprint density at radius 1 is 1.08 bits per heavy atom. The van der Waals surface area contributed by atoms with Gasteiger partial charge in [0.2, 0.25) is 0 Å². The van der Waals surface area contributed by atoms with Crippen LogP contribution in [0, 0.1) is 0 Å². The molecule has 0 aliphatic carbocycles. The predicted octanol–water partition coefficient (Wildman–Crippen LogP) is -1.39. The molecule has 0 radical (unpaired) electrons. The van der Waals surface area contributed by atoms with Crippen LogP contribution in [0.15, 0.2) is 0 Å². The number of rotatable bonds is 1. The van der Waals surface area contributed by atoms with Gasteiger partial charge in [-0.05, 0) is 13.0 Å². The number of hydrogen-bond donors (Lipinski definition) is 3. The quantitative estimate of drug-likeness (QED) is 0.471. The molecular formula is C9H19N3O. The number of piperazine rings is 1. The van der Waals surface area contributed by atoms with Gasteiger partial charge in [0.05, 0.1) is 6.10 Å². The minimum atomic E-state index is -0.126. The zero-order chi connectivity index (χ0) is 9.10. The lowest BCUT2D eigenvalue weighted by atomic mass is 10.0. The SMILES string of the molecule is O[C@H]1CCNC[C@@H]1N1CCNCC1. The first-order valence-electron chi connectivity index (χ1n) is 5.21. The summed E-state index contributed by atoms with van der Waals surface area (Å²) in [5.74, 6) is 0. The zero-order valence-corrected chi connectivity index (χ0v) is 8.00. The summed E-state index contributed by atoms with van der Waals surface area (Å²) in [5, 5.41) is 16.5. The zero-order valence-electron chi connectivity index (χ0n) is 8.00. The molecule has 2 saturated heterocycles. The van der Waals surface area contributed by atoms with Crippen molar-refractivity contribution in [2.75, 3.05) is 39.3 Å². The third-order valence-corrected chi connectivity index (χ3v) is 3.04. The Bertz CT molecular complexity index is 159. The van der Waals surface area contributed by atoms with Crippen LogP contribution < -0.4 is 10.6 Å². The van der Waals surface area contributed by atoms with E-state index in [0.29, 0.717) is 6.04 Å². The topological polar surface area (TPSA) is 47.5 Å². The van der Waals surface area contributed by atoms with Crippen molar-refractivity contribution >= 4 is 0 Å². The second kappa shape index (κ2) is 4.37. The van der Waals surface area contributed by atoms with Crippen LogP contribution in [-0.2, 0) is 0 Å². The Labute approximate surface area is 79.3 Å². The van der Waals surface area contributed by atoms with Crippen LogP contribution in [0.5, 0.6) is 0 Å². The third-order valence-electron chi connectivity index (χ3n) is 3.04. The average molecular weight is 185 g/mol. The van der Waals surface area contributed by atoms with Gasteiger partial charge >= 0.3 is 0 Å². The molecule has 0 unspecified atom stereocenters. The summed E-state index contributed by atoms with van der Waals surface area (Å²) in [7, 11) is 0. The van der Waals surface area contributed by atoms with Gasteiger partial charge < -0.3 is 15.7 Å². The molecule has 2 fully saturated rings.